The molecule has 7 heteroatoms. The summed E-state index contributed by atoms with van der Waals surface area (Å²) in [7, 11) is 2.08. The van der Waals surface area contributed by atoms with Crippen molar-refractivity contribution in [3.8, 4) is 11.3 Å². The molecule has 1 aliphatic carbocycles. The van der Waals surface area contributed by atoms with Crippen molar-refractivity contribution in [2.75, 3.05) is 11.9 Å². The Labute approximate surface area is 221 Å². The summed E-state index contributed by atoms with van der Waals surface area (Å²) in [5.41, 5.74) is 8.92. The number of fused-ring (bicyclic) bond motifs is 1. The average molecular weight is 517 g/mol. The number of aromatic nitrogens is 1. The molecule has 5 nitrogen and oxygen atoms in total. The van der Waals surface area contributed by atoms with Crippen LogP contribution in [0.4, 0.5) is 10.2 Å². The predicted molar refractivity (Wildman–Crippen MR) is 150 cm³/mol. The first kappa shape index (κ1) is 25.1. The maximum Gasteiger partial charge on any atom is 0.227 e. The van der Waals surface area contributed by atoms with Gasteiger partial charge in [0.15, 0.2) is 0 Å². The summed E-state index contributed by atoms with van der Waals surface area (Å²) in [6, 6.07) is 22.5. The van der Waals surface area contributed by atoms with E-state index in [1.807, 2.05) is 18.2 Å². The number of nitrogens with one attached hydrogen (secondary N) is 3. The lowest BCUT2D eigenvalue weighted by atomic mass is 10.1. The average Bonchev–Trinajstić information content (AvgIpc) is 3.60. The van der Waals surface area contributed by atoms with Crippen LogP contribution in [-0.4, -0.2) is 17.0 Å². The Hall–Kier alpha value is -3.61. The molecule has 0 radical (unpaired) electrons. The molecular formula is C30H30ClFN4O. The van der Waals surface area contributed by atoms with Crippen molar-refractivity contribution >= 4 is 39.8 Å². The van der Waals surface area contributed by atoms with E-state index in [9.17, 15) is 9.28 Å². The van der Waals surface area contributed by atoms with Gasteiger partial charge < -0.3 is 15.2 Å². The second kappa shape index (κ2) is 10.0. The Bertz CT molecular complexity index is 1490. The number of anilines is 1. The van der Waals surface area contributed by atoms with Crippen molar-refractivity contribution in [3.05, 3.63) is 95.0 Å². The summed E-state index contributed by atoms with van der Waals surface area (Å²) in [5.74, 6) is -0.132. The predicted octanol–water partition coefficient (Wildman–Crippen LogP) is 6.76. The molecule has 3 N–H and O–H groups in total. The van der Waals surface area contributed by atoms with Crippen molar-refractivity contribution in [1.29, 1.82) is 0 Å². The van der Waals surface area contributed by atoms with Crippen molar-refractivity contribution in [1.82, 2.24) is 15.4 Å². The summed E-state index contributed by atoms with van der Waals surface area (Å²) in [4.78, 5) is 12.5. The van der Waals surface area contributed by atoms with Gasteiger partial charge in [-0.25, -0.2) is 0 Å². The van der Waals surface area contributed by atoms with Crippen molar-refractivity contribution in [2.45, 2.75) is 26.3 Å². The molecule has 4 aromatic rings. The summed E-state index contributed by atoms with van der Waals surface area (Å²) < 4.78 is 14.8. The zero-order valence-corrected chi connectivity index (χ0v) is 21.8. The van der Waals surface area contributed by atoms with E-state index in [1.165, 1.54) is 11.1 Å². The standard InChI is InChI=1S/C30H30ClFN4O/c1-19-4-7-22(8-5-19)28-16-23-15-24(9-11-27(23)36(28)3)35-20(2)25-14-21(6-10-26(25)31)17-33-29(37)30(12-13-30)18-34-32/h4-11,14-16,34-35H,2,12-13,17-18H2,1,3H3,(H,33,37). The van der Waals surface area contributed by atoms with Gasteiger partial charge in [-0.1, -0.05) is 54.1 Å². The van der Waals surface area contributed by atoms with Gasteiger partial charge in [0.25, 0.3) is 0 Å². The number of hydrogen-bond donors (Lipinski definition) is 3. The highest BCUT2D eigenvalue weighted by atomic mass is 35.5. The van der Waals surface area contributed by atoms with Gasteiger partial charge >= 0.3 is 0 Å². The van der Waals surface area contributed by atoms with Crippen LogP contribution in [0.2, 0.25) is 5.02 Å². The molecule has 190 valence electrons. The normalized spacial score (nSPS) is 13.9. The highest BCUT2D eigenvalue weighted by Gasteiger charge is 2.49. The van der Waals surface area contributed by atoms with Crippen LogP contribution in [0.1, 0.15) is 29.5 Å². The van der Waals surface area contributed by atoms with E-state index in [1.54, 1.807) is 11.6 Å². The number of nitrogens with zero attached hydrogens (tertiary/aromatic N) is 1. The van der Waals surface area contributed by atoms with E-state index in [0.29, 0.717) is 30.1 Å². The Kier molecular flexibility index (Phi) is 6.80. The molecule has 37 heavy (non-hydrogen) atoms. The number of carbonyl (C=O) groups is 1. The Balaban J connectivity index is 1.31. The zero-order valence-electron chi connectivity index (χ0n) is 21.0. The Morgan fingerprint density at radius 3 is 2.54 bits per heavy atom. The third-order valence-electron chi connectivity index (χ3n) is 7.23. The summed E-state index contributed by atoms with van der Waals surface area (Å²) in [6.45, 7) is 6.68. The molecule has 0 atom stereocenters. The third-order valence-corrected chi connectivity index (χ3v) is 7.56. The molecule has 1 fully saturated rings. The maximum absolute atomic E-state index is 12.6. The number of rotatable bonds is 9. The van der Waals surface area contributed by atoms with Gasteiger partial charge in [0.1, 0.15) is 0 Å². The summed E-state index contributed by atoms with van der Waals surface area (Å²) in [6.07, 6.45) is 1.39. The lowest BCUT2D eigenvalue weighted by Gasteiger charge is -2.16. The van der Waals surface area contributed by atoms with Crippen molar-refractivity contribution in [2.24, 2.45) is 12.5 Å². The molecule has 5 rings (SSSR count). The fourth-order valence-electron chi connectivity index (χ4n) is 4.72. The molecule has 1 amide bonds. The molecule has 1 heterocycles. The second-order valence-corrected chi connectivity index (χ2v) is 10.3. The molecule has 0 bridgehead atoms. The van der Waals surface area contributed by atoms with Gasteiger partial charge in [-0.3, -0.25) is 4.79 Å². The number of benzene rings is 3. The lowest BCUT2D eigenvalue weighted by Crippen LogP contribution is -2.36. The Morgan fingerprint density at radius 2 is 1.84 bits per heavy atom. The number of aryl methyl sites for hydroxylation is 2. The molecule has 1 saturated carbocycles. The molecule has 3 aromatic carbocycles. The summed E-state index contributed by atoms with van der Waals surface area (Å²) in [5, 5.41) is 8.00. The topological polar surface area (TPSA) is 58.1 Å². The van der Waals surface area contributed by atoms with Gasteiger partial charge in [-0.2, -0.15) is 5.54 Å². The maximum atomic E-state index is 12.6. The fraction of sp³-hybridized carbons (Fsp3) is 0.233. The highest BCUT2D eigenvalue weighted by Crippen LogP contribution is 2.45. The van der Waals surface area contributed by atoms with Crippen LogP contribution in [0.15, 0.2) is 73.3 Å². The first-order valence-electron chi connectivity index (χ1n) is 12.3. The fourth-order valence-corrected chi connectivity index (χ4v) is 4.95. The molecule has 1 aromatic heterocycles. The van der Waals surface area contributed by atoms with Crippen LogP contribution in [0.25, 0.3) is 27.9 Å². The first-order valence-corrected chi connectivity index (χ1v) is 12.7. The van der Waals surface area contributed by atoms with Crippen molar-refractivity contribution < 1.29 is 9.28 Å². The van der Waals surface area contributed by atoms with E-state index < -0.39 is 5.41 Å². The minimum atomic E-state index is -0.620. The number of amides is 1. The lowest BCUT2D eigenvalue weighted by molar-refractivity contribution is -0.126. The van der Waals surface area contributed by atoms with Gasteiger partial charge in [-0.15, -0.1) is 4.48 Å². The van der Waals surface area contributed by atoms with E-state index in [2.05, 4.69) is 78.2 Å². The van der Waals surface area contributed by atoms with Gasteiger partial charge in [0.05, 0.1) is 5.41 Å². The van der Waals surface area contributed by atoms with Crippen LogP contribution >= 0.6 is 11.6 Å². The van der Waals surface area contributed by atoms with Gasteiger partial charge in [-0.05, 0) is 67.3 Å². The van der Waals surface area contributed by atoms with E-state index in [0.717, 1.165) is 33.4 Å². The molecular weight excluding hydrogens is 487 g/mol. The number of hydrogen-bond acceptors (Lipinski definition) is 3. The highest BCUT2D eigenvalue weighted by molar-refractivity contribution is 6.32. The largest absolute Gasteiger partial charge is 0.355 e. The Morgan fingerprint density at radius 1 is 1.08 bits per heavy atom. The molecule has 0 saturated heterocycles. The zero-order chi connectivity index (χ0) is 26.2. The van der Waals surface area contributed by atoms with Crippen LogP contribution in [0, 0.1) is 12.3 Å². The number of halogens is 2. The smallest absolute Gasteiger partial charge is 0.227 e. The van der Waals surface area contributed by atoms with Crippen LogP contribution < -0.4 is 16.2 Å². The molecule has 0 spiro atoms. The van der Waals surface area contributed by atoms with E-state index >= 15 is 0 Å². The number of carbonyl (C=O) groups excluding carboxylic acids is 1. The van der Waals surface area contributed by atoms with Crippen molar-refractivity contribution in [3.63, 3.8) is 0 Å². The first-order chi connectivity index (χ1) is 17.8. The SMILES string of the molecule is C=C(Nc1ccc2c(c1)cc(-c1ccc(C)cc1)n2C)c1cc(CNC(=O)C2(CNF)CC2)ccc1Cl. The van der Waals surface area contributed by atoms with Crippen LogP contribution in [-0.2, 0) is 18.4 Å². The quantitative estimate of drug-likeness (QED) is 0.215. The van der Waals surface area contributed by atoms with E-state index in [4.69, 9.17) is 11.6 Å². The molecule has 1 aliphatic rings. The minimum absolute atomic E-state index is 0.0453. The third kappa shape index (κ3) is 5.13. The second-order valence-electron chi connectivity index (χ2n) is 9.92. The minimum Gasteiger partial charge on any atom is -0.355 e. The van der Waals surface area contributed by atoms with Gasteiger partial charge in [0, 0.05) is 58.7 Å². The monoisotopic (exact) mass is 516 g/mol. The molecule has 0 aliphatic heterocycles. The molecule has 0 unspecified atom stereocenters. The van der Waals surface area contributed by atoms with Crippen LogP contribution in [0.3, 0.4) is 0 Å². The van der Waals surface area contributed by atoms with Crippen LogP contribution in [0.5, 0.6) is 0 Å². The van der Waals surface area contributed by atoms with Gasteiger partial charge in [0.2, 0.25) is 5.91 Å². The summed E-state index contributed by atoms with van der Waals surface area (Å²) >= 11 is 6.50. The van der Waals surface area contributed by atoms with E-state index in [-0.39, 0.29) is 12.5 Å².